The topological polar surface area (TPSA) is 110 Å². The molecule has 6 nitrogen and oxygen atoms in total. The number of nitrogens with one attached hydrogen (secondary N) is 2. The van der Waals surface area contributed by atoms with Crippen LogP contribution in [0.15, 0.2) is 108 Å². The molecule has 7 heteroatoms. The molecule has 0 spiro atoms. The van der Waals surface area contributed by atoms with Gasteiger partial charge in [0.15, 0.2) is 0 Å². The Balaban J connectivity index is 0.000000449. The SMILES string of the molecule is CCCCNc1cc(CNCc2ccccc2)cc(S(N)(=O)=O)c1Cc1ccccc1.NCc1ccccc1. The number of sulfonamides is 1. The summed E-state index contributed by atoms with van der Waals surface area (Å²) in [5.74, 6) is 0. The van der Waals surface area contributed by atoms with Crippen molar-refractivity contribution >= 4 is 15.7 Å². The molecule has 0 atom stereocenters. The van der Waals surface area contributed by atoms with E-state index in [9.17, 15) is 8.42 Å². The predicted molar refractivity (Wildman–Crippen MR) is 162 cm³/mol. The Morgan fingerprint density at radius 2 is 1.26 bits per heavy atom. The molecule has 6 N–H and O–H groups in total. The smallest absolute Gasteiger partial charge is 0.238 e. The van der Waals surface area contributed by atoms with E-state index in [4.69, 9.17) is 10.9 Å². The number of benzene rings is 4. The second-order valence-corrected chi connectivity index (χ2v) is 10.9. The molecule has 4 rings (SSSR count). The van der Waals surface area contributed by atoms with Gasteiger partial charge >= 0.3 is 0 Å². The van der Waals surface area contributed by atoms with Crippen molar-refractivity contribution in [2.45, 2.75) is 50.7 Å². The molecule has 0 aliphatic heterocycles. The van der Waals surface area contributed by atoms with Crippen molar-refractivity contribution in [3.8, 4) is 0 Å². The van der Waals surface area contributed by atoms with Gasteiger partial charge < -0.3 is 16.4 Å². The Morgan fingerprint density at radius 3 is 1.77 bits per heavy atom. The van der Waals surface area contributed by atoms with Gasteiger partial charge in [0.05, 0.1) is 4.90 Å². The van der Waals surface area contributed by atoms with Crippen LogP contribution >= 0.6 is 0 Å². The van der Waals surface area contributed by atoms with Crippen LogP contribution in [0.1, 0.15) is 47.6 Å². The van der Waals surface area contributed by atoms with E-state index in [1.165, 1.54) is 11.1 Å². The van der Waals surface area contributed by atoms with Gasteiger partial charge in [-0.3, -0.25) is 0 Å². The Bertz CT molecular complexity index is 1360. The first-order valence-corrected chi connectivity index (χ1v) is 14.9. The average Bonchev–Trinajstić information content (AvgIpc) is 2.95. The first kappa shape index (κ1) is 30.1. The van der Waals surface area contributed by atoms with Crippen LogP contribution in [0.3, 0.4) is 0 Å². The molecule has 0 heterocycles. The summed E-state index contributed by atoms with van der Waals surface area (Å²) in [6, 6.07) is 33.7. The van der Waals surface area contributed by atoms with E-state index in [0.717, 1.165) is 41.8 Å². The minimum Gasteiger partial charge on any atom is -0.385 e. The Morgan fingerprint density at radius 1 is 0.718 bits per heavy atom. The molecule has 0 fully saturated rings. The quantitative estimate of drug-likeness (QED) is 0.174. The lowest BCUT2D eigenvalue weighted by atomic mass is 10.0. The molecule has 0 aromatic heterocycles. The first-order chi connectivity index (χ1) is 18.9. The van der Waals surface area contributed by atoms with Gasteiger partial charge in [-0.15, -0.1) is 0 Å². The minimum absolute atomic E-state index is 0.189. The molecule has 0 saturated carbocycles. The summed E-state index contributed by atoms with van der Waals surface area (Å²) in [5, 5.41) is 12.5. The molecule has 4 aromatic rings. The van der Waals surface area contributed by atoms with Crippen LogP contribution in [0.25, 0.3) is 0 Å². The van der Waals surface area contributed by atoms with Crippen LogP contribution in [-0.4, -0.2) is 15.0 Å². The van der Waals surface area contributed by atoms with Gasteiger partial charge in [0, 0.05) is 38.3 Å². The summed E-state index contributed by atoms with van der Waals surface area (Å²) in [6.07, 6.45) is 2.56. The molecule has 206 valence electrons. The van der Waals surface area contributed by atoms with Gasteiger partial charge in [0.2, 0.25) is 10.0 Å². The molecule has 0 saturated heterocycles. The number of rotatable bonds is 12. The minimum atomic E-state index is -3.87. The largest absolute Gasteiger partial charge is 0.385 e. The second kappa shape index (κ2) is 15.8. The van der Waals surface area contributed by atoms with Crippen molar-refractivity contribution in [3.63, 3.8) is 0 Å². The number of unbranched alkanes of at least 4 members (excludes halogenated alkanes) is 1. The molecule has 0 amide bonds. The van der Waals surface area contributed by atoms with Gasteiger partial charge in [-0.05, 0) is 46.4 Å². The first-order valence-electron chi connectivity index (χ1n) is 13.4. The van der Waals surface area contributed by atoms with Crippen LogP contribution in [0.2, 0.25) is 0 Å². The van der Waals surface area contributed by atoms with Crippen molar-refractivity contribution in [3.05, 3.63) is 131 Å². The highest BCUT2D eigenvalue weighted by Crippen LogP contribution is 2.29. The number of nitrogens with two attached hydrogens (primary N) is 2. The second-order valence-electron chi connectivity index (χ2n) is 9.39. The zero-order valence-electron chi connectivity index (χ0n) is 22.6. The van der Waals surface area contributed by atoms with Gasteiger partial charge in [-0.1, -0.05) is 104 Å². The normalized spacial score (nSPS) is 10.9. The van der Waals surface area contributed by atoms with E-state index >= 15 is 0 Å². The number of primary sulfonamides is 1. The highest BCUT2D eigenvalue weighted by atomic mass is 32.2. The summed E-state index contributed by atoms with van der Waals surface area (Å²) in [5.41, 5.74) is 11.2. The average molecular weight is 545 g/mol. The Kier molecular flexibility index (Phi) is 12.2. The van der Waals surface area contributed by atoms with Crippen LogP contribution in [0.4, 0.5) is 5.69 Å². The van der Waals surface area contributed by atoms with Crippen molar-refractivity contribution in [1.82, 2.24) is 5.32 Å². The molecule has 4 aromatic carbocycles. The third-order valence-corrected chi connectivity index (χ3v) is 7.20. The van der Waals surface area contributed by atoms with Crippen molar-refractivity contribution in [2.24, 2.45) is 10.9 Å². The molecule has 0 aliphatic rings. The van der Waals surface area contributed by atoms with Crippen molar-refractivity contribution in [1.29, 1.82) is 0 Å². The summed E-state index contributed by atoms with van der Waals surface area (Å²) in [4.78, 5) is 0.189. The number of hydrogen-bond acceptors (Lipinski definition) is 5. The fourth-order valence-electron chi connectivity index (χ4n) is 4.16. The van der Waals surface area contributed by atoms with E-state index in [-0.39, 0.29) is 4.90 Å². The molecule has 0 aliphatic carbocycles. The molecule has 0 unspecified atom stereocenters. The fourth-order valence-corrected chi connectivity index (χ4v) is 5.00. The Labute approximate surface area is 233 Å². The van der Waals surface area contributed by atoms with Gasteiger partial charge in [-0.25, -0.2) is 13.6 Å². The van der Waals surface area contributed by atoms with E-state index in [0.29, 0.717) is 26.1 Å². The third-order valence-electron chi connectivity index (χ3n) is 6.22. The van der Waals surface area contributed by atoms with Crippen LogP contribution in [0, 0.1) is 0 Å². The summed E-state index contributed by atoms with van der Waals surface area (Å²) in [7, 11) is -3.87. The maximum Gasteiger partial charge on any atom is 0.238 e. The Hall–Kier alpha value is -3.49. The van der Waals surface area contributed by atoms with Gasteiger partial charge in [0.25, 0.3) is 0 Å². The van der Waals surface area contributed by atoms with Crippen LogP contribution in [0.5, 0.6) is 0 Å². The number of anilines is 1. The zero-order valence-corrected chi connectivity index (χ0v) is 23.5. The van der Waals surface area contributed by atoms with Gasteiger partial charge in [0.1, 0.15) is 0 Å². The maximum absolute atomic E-state index is 12.5. The van der Waals surface area contributed by atoms with E-state index in [2.05, 4.69) is 29.7 Å². The van der Waals surface area contributed by atoms with Crippen LogP contribution in [-0.2, 0) is 36.1 Å². The van der Waals surface area contributed by atoms with Gasteiger partial charge in [-0.2, -0.15) is 0 Å². The molecule has 39 heavy (non-hydrogen) atoms. The maximum atomic E-state index is 12.5. The highest BCUT2D eigenvalue weighted by molar-refractivity contribution is 7.89. The monoisotopic (exact) mass is 544 g/mol. The zero-order chi connectivity index (χ0) is 27.9. The summed E-state index contributed by atoms with van der Waals surface area (Å²) < 4.78 is 25.0. The molecule has 0 bridgehead atoms. The van der Waals surface area contributed by atoms with Crippen molar-refractivity contribution in [2.75, 3.05) is 11.9 Å². The summed E-state index contributed by atoms with van der Waals surface area (Å²) >= 11 is 0. The van der Waals surface area contributed by atoms with Crippen LogP contribution < -0.4 is 21.5 Å². The summed E-state index contributed by atoms with van der Waals surface area (Å²) in [6.45, 7) is 4.80. The molecule has 0 radical (unpaired) electrons. The fraction of sp³-hybridized carbons (Fsp3) is 0.250. The van der Waals surface area contributed by atoms with E-state index in [1.807, 2.05) is 84.9 Å². The predicted octanol–water partition coefficient (Wildman–Crippen LogP) is 5.57. The lowest BCUT2D eigenvalue weighted by Crippen LogP contribution is -2.19. The third kappa shape index (κ3) is 10.3. The van der Waals surface area contributed by atoms with E-state index < -0.39 is 10.0 Å². The van der Waals surface area contributed by atoms with Crippen molar-refractivity contribution < 1.29 is 8.42 Å². The lowest BCUT2D eigenvalue weighted by Gasteiger charge is -2.18. The standard InChI is InChI=1S/C25H31N3O2S.C7H9N/c1-2-3-14-28-24-16-22(19-27-18-21-12-8-5-9-13-21)17-25(31(26,29)30)23(24)15-20-10-6-4-7-11-20;8-6-7-4-2-1-3-5-7/h4-13,16-17,27-28H,2-3,14-15,18-19H2,1H3,(H2,26,29,30);1-5H,6,8H2. The molecular weight excluding hydrogens is 504 g/mol. The number of hydrogen-bond donors (Lipinski definition) is 4. The molecular formula is C32H40N4O2S. The lowest BCUT2D eigenvalue weighted by molar-refractivity contribution is 0.596. The highest BCUT2D eigenvalue weighted by Gasteiger charge is 2.19. The van der Waals surface area contributed by atoms with E-state index in [1.54, 1.807) is 6.07 Å².